The zero-order valence-electron chi connectivity index (χ0n) is 31.2. The van der Waals surface area contributed by atoms with Crippen molar-refractivity contribution in [1.29, 1.82) is 0 Å². The molecule has 0 saturated heterocycles. The molecule has 274 valence electrons. The lowest BCUT2D eigenvalue weighted by molar-refractivity contribution is -0.109. The number of hydrogen-bond acceptors (Lipinski definition) is 6. The molecule has 0 saturated carbocycles. The summed E-state index contributed by atoms with van der Waals surface area (Å²) in [6, 6.07) is 13.8. The van der Waals surface area contributed by atoms with Crippen molar-refractivity contribution >= 4 is 63.8 Å². The first kappa shape index (κ1) is 39.9. The van der Waals surface area contributed by atoms with Crippen molar-refractivity contribution < 1.29 is 14.3 Å². The molecule has 0 spiro atoms. The maximum absolute atomic E-state index is 12.3. The second-order valence-corrected chi connectivity index (χ2v) is 13.3. The van der Waals surface area contributed by atoms with Gasteiger partial charge in [-0.05, 0) is 118 Å². The highest BCUT2D eigenvalue weighted by Gasteiger charge is 2.22. The molecule has 5 rings (SSSR count). The van der Waals surface area contributed by atoms with Gasteiger partial charge in [0, 0.05) is 58.6 Å². The van der Waals surface area contributed by atoms with Crippen molar-refractivity contribution in [3.8, 4) is 16.9 Å². The first-order valence-corrected chi connectivity index (χ1v) is 18.2. The third kappa shape index (κ3) is 8.95. The van der Waals surface area contributed by atoms with Gasteiger partial charge in [-0.25, -0.2) is 9.97 Å². The molecule has 4 N–H and O–H groups in total. The van der Waals surface area contributed by atoms with Crippen LogP contribution in [0.25, 0.3) is 33.7 Å². The smallest absolute Gasteiger partial charge is 0.265 e. The van der Waals surface area contributed by atoms with E-state index in [0.29, 0.717) is 49.7 Å². The summed E-state index contributed by atoms with van der Waals surface area (Å²) in [5.41, 5.74) is 17.0. The van der Waals surface area contributed by atoms with E-state index < -0.39 is 5.91 Å². The van der Waals surface area contributed by atoms with Crippen molar-refractivity contribution in [3.63, 3.8) is 0 Å². The number of aromatic nitrogens is 3. The van der Waals surface area contributed by atoms with Gasteiger partial charge in [-0.15, -0.1) is 0 Å². The van der Waals surface area contributed by atoms with Crippen LogP contribution in [0.1, 0.15) is 76.4 Å². The fourth-order valence-corrected chi connectivity index (χ4v) is 6.87. The summed E-state index contributed by atoms with van der Waals surface area (Å²) in [5.74, 6) is 0.280. The van der Waals surface area contributed by atoms with Crippen LogP contribution in [0.3, 0.4) is 0 Å². The van der Waals surface area contributed by atoms with Gasteiger partial charge in [0.15, 0.2) is 0 Å². The van der Waals surface area contributed by atoms with Crippen LogP contribution in [0, 0.1) is 34.6 Å². The van der Waals surface area contributed by atoms with Gasteiger partial charge in [-0.2, -0.15) is 0 Å². The fourth-order valence-electron chi connectivity index (χ4n) is 6.50. The number of ether oxygens (including phenoxy) is 1. The molecule has 0 aliphatic carbocycles. The molecule has 0 aliphatic rings. The number of nitrogens with one attached hydrogen (secondary N) is 2. The minimum Gasteiger partial charge on any atom is -0.494 e. The van der Waals surface area contributed by atoms with E-state index in [0.717, 1.165) is 83.3 Å². The highest BCUT2D eigenvalue weighted by atomic mass is 35.5. The molecular weight excluding hydrogens is 695 g/mol. The van der Waals surface area contributed by atoms with Crippen LogP contribution in [0.5, 0.6) is 5.75 Å². The molecule has 0 fully saturated rings. The Kier molecular flexibility index (Phi) is 13.9. The molecule has 0 atom stereocenters. The third-order valence-electron chi connectivity index (χ3n) is 8.78. The maximum atomic E-state index is 12.3. The lowest BCUT2D eigenvalue weighted by atomic mass is 9.91. The van der Waals surface area contributed by atoms with Crippen molar-refractivity contribution in [2.75, 3.05) is 25.0 Å². The monoisotopic (exact) mass is 742 g/mol. The van der Waals surface area contributed by atoms with E-state index in [1.165, 1.54) is 0 Å². The quantitative estimate of drug-likeness (QED) is 0.0592. The number of rotatable bonds is 14. The predicted octanol–water partition coefficient (Wildman–Crippen LogP) is 9.17. The SMILES string of the molecule is CC.Cc1cc(/C=C(\CCCOc2cc(C)c(Cl)c(C)c2)c2ccc(Cl)c(-c3c(C)ncnc3C)c2NCCNC=O)c2c(c1)cc(C(N)=O)n2C. The standard InChI is InChI=1S/C39H42Cl2N6O3.C2H6/c1-22-14-28(38-29(15-22)19-33(39(42)49)47(38)6)18-27(8-7-13-50-30-16-23(2)36(41)24(3)17-30)31-9-10-32(40)35(37(31)44-12-11-43-21-48)34-25(4)45-20-46-26(34)5;1-2/h9-10,14-21,44H,7-8,11-13H2,1-6H3,(H2,42,49)(H,43,48);1-2H3/b27-18+;. The van der Waals surface area contributed by atoms with Crippen molar-refractivity contribution in [1.82, 2.24) is 19.9 Å². The first-order valence-electron chi connectivity index (χ1n) is 17.4. The number of anilines is 1. The maximum Gasteiger partial charge on any atom is 0.265 e. The Morgan fingerprint density at radius 3 is 2.25 bits per heavy atom. The van der Waals surface area contributed by atoms with Crippen LogP contribution in [-0.2, 0) is 11.8 Å². The van der Waals surface area contributed by atoms with E-state index in [4.69, 9.17) is 33.7 Å². The summed E-state index contributed by atoms with van der Waals surface area (Å²) in [6.07, 6.45) is 5.72. The Morgan fingerprint density at radius 2 is 1.62 bits per heavy atom. The van der Waals surface area contributed by atoms with Gasteiger partial charge < -0.3 is 25.7 Å². The molecule has 3 aromatic carbocycles. The number of amides is 2. The Labute approximate surface area is 316 Å². The van der Waals surface area contributed by atoms with Gasteiger partial charge in [-0.1, -0.05) is 43.1 Å². The lowest BCUT2D eigenvalue weighted by Gasteiger charge is -2.22. The molecule has 11 heteroatoms. The van der Waals surface area contributed by atoms with E-state index in [1.807, 2.05) is 90.4 Å². The molecule has 0 bridgehead atoms. The minimum absolute atomic E-state index is 0.405. The van der Waals surface area contributed by atoms with Gasteiger partial charge in [0.1, 0.15) is 17.8 Å². The summed E-state index contributed by atoms with van der Waals surface area (Å²) in [6.45, 7) is 15.2. The Morgan fingerprint density at radius 1 is 0.942 bits per heavy atom. The zero-order valence-corrected chi connectivity index (χ0v) is 32.7. The molecule has 0 unspecified atom stereocenters. The number of carbonyl (C=O) groups is 2. The third-order valence-corrected chi connectivity index (χ3v) is 9.70. The number of carbonyl (C=O) groups excluding carboxylic acids is 2. The first-order chi connectivity index (χ1) is 24.9. The highest BCUT2D eigenvalue weighted by molar-refractivity contribution is 6.34. The van der Waals surface area contributed by atoms with E-state index in [2.05, 4.69) is 38.8 Å². The second-order valence-electron chi connectivity index (χ2n) is 12.5. The summed E-state index contributed by atoms with van der Waals surface area (Å²) < 4.78 is 8.07. The average molecular weight is 744 g/mol. The zero-order chi connectivity index (χ0) is 38.1. The van der Waals surface area contributed by atoms with Gasteiger partial charge in [0.2, 0.25) is 6.41 Å². The van der Waals surface area contributed by atoms with Gasteiger partial charge >= 0.3 is 0 Å². The van der Waals surface area contributed by atoms with Crippen molar-refractivity contribution in [2.24, 2.45) is 12.8 Å². The molecule has 2 aromatic heterocycles. The van der Waals surface area contributed by atoms with Crippen molar-refractivity contribution in [2.45, 2.75) is 61.3 Å². The molecule has 5 aromatic rings. The number of nitrogens with zero attached hydrogens (tertiary/aromatic N) is 3. The number of nitrogens with two attached hydrogens (primary N) is 1. The summed E-state index contributed by atoms with van der Waals surface area (Å²) in [7, 11) is 1.85. The second kappa shape index (κ2) is 18.1. The van der Waals surface area contributed by atoms with E-state index in [1.54, 1.807) is 6.33 Å². The normalized spacial score (nSPS) is 11.2. The number of fused-ring (bicyclic) bond motifs is 1. The van der Waals surface area contributed by atoms with Crippen LogP contribution in [-0.4, -0.2) is 46.5 Å². The van der Waals surface area contributed by atoms with Gasteiger partial charge in [0.05, 0.1) is 22.8 Å². The Bertz CT molecular complexity index is 2080. The number of benzene rings is 3. The lowest BCUT2D eigenvalue weighted by Crippen LogP contribution is -2.21. The topological polar surface area (TPSA) is 124 Å². The molecule has 2 heterocycles. The molecule has 0 aliphatic heterocycles. The van der Waals surface area contributed by atoms with E-state index in [9.17, 15) is 9.59 Å². The number of halogens is 2. The number of primary amides is 1. The number of hydrogen-bond donors (Lipinski definition) is 3. The van der Waals surface area contributed by atoms with Gasteiger partial charge in [-0.3, -0.25) is 9.59 Å². The molecule has 0 radical (unpaired) electrons. The summed E-state index contributed by atoms with van der Waals surface area (Å²) in [5, 5.41) is 8.52. The summed E-state index contributed by atoms with van der Waals surface area (Å²) >= 11 is 13.4. The highest BCUT2D eigenvalue weighted by Crippen LogP contribution is 2.43. The largest absolute Gasteiger partial charge is 0.494 e. The average Bonchev–Trinajstić information content (AvgIpc) is 3.44. The molecule has 9 nitrogen and oxygen atoms in total. The Balaban J connectivity index is 0.00000297. The molecule has 2 amide bonds. The number of aryl methyl sites for hydroxylation is 6. The van der Waals surface area contributed by atoms with Crippen LogP contribution in [0.4, 0.5) is 5.69 Å². The van der Waals surface area contributed by atoms with E-state index >= 15 is 0 Å². The molecular formula is C41H48Cl2N6O3. The Hall–Kier alpha value is -4.86. The van der Waals surface area contributed by atoms with E-state index in [-0.39, 0.29) is 0 Å². The van der Waals surface area contributed by atoms with Crippen LogP contribution in [0.2, 0.25) is 10.0 Å². The minimum atomic E-state index is -0.491. The molecule has 52 heavy (non-hydrogen) atoms. The van der Waals surface area contributed by atoms with Crippen molar-refractivity contribution in [3.05, 3.63) is 104 Å². The van der Waals surface area contributed by atoms with Gasteiger partial charge in [0.25, 0.3) is 5.91 Å². The van der Waals surface area contributed by atoms with Crippen LogP contribution >= 0.6 is 23.2 Å². The predicted molar refractivity (Wildman–Crippen MR) is 216 cm³/mol. The number of allylic oxidation sites excluding steroid dienone is 1. The fraction of sp³-hybridized carbons (Fsp3) is 0.317. The summed E-state index contributed by atoms with van der Waals surface area (Å²) in [4.78, 5) is 32.4. The van der Waals surface area contributed by atoms with Crippen LogP contribution in [0.15, 0.2) is 48.8 Å². The van der Waals surface area contributed by atoms with Crippen LogP contribution < -0.4 is 21.1 Å².